The molecule has 2 rings (SSSR count). The molecule has 0 saturated carbocycles. The van der Waals surface area contributed by atoms with Gasteiger partial charge < -0.3 is 15.3 Å². The minimum Gasteiger partial charge on any atom is -0.504 e. The number of phenolic OH excluding ortho intramolecular Hbond substituents is 3. The van der Waals surface area contributed by atoms with Crippen molar-refractivity contribution in [2.24, 2.45) is 11.0 Å². The molecule has 0 radical (unpaired) electrons. The molecule has 0 aromatic heterocycles. The summed E-state index contributed by atoms with van der Waals surface area (Å²) in [5, 5.41) is 32.3. The van der Waals surface area contributed by atoms with Crippen molar-refractivity contribution in [2.75, 3.05) is 0 Å². The van der Waals surface area contributed by atoms with E-state index < -0.39 is 23.2 Å². The van der Waals surface area contributed by atoms with Gasteiger partial charge in [0.15, 0.2) is 17.2 Å². The zero-order valence-corrected chi connectivity index (χ0v) is 12.8. The monoisotopic (exact) mass is 314 g/mol. The lowest BCUT2D eigenvalue weighted by molar-refractivity contribution is 0.0954. The third-order valence-electron chi connectivity index (χ3n) is 3.23. The van der Waals surface area contributed by atoms with Crippen LogP contribution in [0.1, 0.15) is 29.8 Å². The minimum atomic E-state index is -0.669. The molecule has 1 amide bonds. The Morgan fingerprint density at radius 3 is 2.09 bits per heavy atom. The zero-order valence-electron chi connectivity index (χ0n) is 12.8. The van der Waals surface area contributed by atoms with Gasteiger partial charge in [-0.15, -0.1) is 0 Å². The average molecular weight is 314 g/mol. The number of carbonyl (C=O) groups excluding carboxylic acids is 1. The van der Waals surface area contributed by atoms with Crippen LogP contribution in [-0.2, 0) is 0 Å². The van der Waals surface area contributed by atoms with E-state index in [-0.39, 0.29) is 11.5 Å². The number of rotatable bonds is 4. The number of nitrogens with one attached hydrogen (secondary N) is 1. The van der Waals surface area contributed by atoms with Gasteiger partial charge in [0.25, 0.3) is 5.91 Å². The lowest BCUT2D eigenvalue weighted by atomic mass is 10.0. The van der Waals surface area contributed by atoms with Crippen molar-refractivity contribution in [2.45, 2.75) is 13.8 Å². The van der Waals surface area contributed by atoms with Crippen LogP contribution in [0.5, 0.6) is 17.2 Å². The molecule has 23 heavy (non-hydrogen) atoms. The molecule has 2 aromatic rings. The summed E-state index contributed by atoms with van der Waals surface area (Å²) in [4.78, 5) is 12.1. The zero-order chi connectivity index (χ0) is 17.0. The van der Waals surface area contributed by atoms with E-state index in [1.54, 1.807) is 0 Å². The maximum absolute atomic E-state index is 12.1. The van der Waals surface area contributed by atoms with Crippen LogP contribution in [0, 0.1) is 5.92 Å². The van der Waals surface area contributed by atoms with E-state index in [1.165, 1.54) is 0 Å². The summed E-state index contributed by atoms with van der Waals surface area (Å²) in [5.74, 6) is -2.35. The summed E-state index contributed by atoms with van der Waals surface area (Å²) in [6.07, 6.45) is 0. The Labute approximate surface area is 133 Å². The Morgan fingerprint density at radius 1 is 1.00 bits per heavy atom. The first kappa shape index (κ1) is 16.4. The van der Waals surface area contributed by atoms with Gasteiger partial charge in [-0.1, -0.05) is 44.2 Å². The topological polar surface area (TPSA) is 102 Å². The number of aromatic hydroxyl groups is 3. The Hall–Kier alpha value is -3.02. The molecule has 6 nitrogen and oxygen atoms in total. The lowest BCUT2D eigenvalue weighted by Crippen LogP contribution is -2.22. The van der Waals surface area contributed by atoms with Crippen molar-refractivity contribution in [1.29, 1.82) is 0 Å². The Balaban J connectivity index is 2.25. The van der Waals surface area contributed by atoms with Gasteiger partial charge in [0.05, 0.1) is 5.71 Å². The fraction of sp³-hybridized carbons (Fsp3) is 0.176. The van der Waals surface area contributed by atoms with E-state index in [2.05, 4.69) is 10.5 Å². The molecule has 0 aliphatic rings. The highest BCUT2D eigenvalue weighted by Gasteiger charge is 2.14. The molecule has 0 aliphatic heterocycles. The fourth-order valence-corrected chi connectivity index (χ4v) is 2.05. The van der Waals surface area contributed by atoms with Crippen LogP contribution in [-0.4, -0.2) is 26.9 Å². The summed E-state index contributed by atoms with van der Waals surface area (Å²) >= 11 is 0. The molecule has 0 atom stereocenters. The Bertz CT molecular complexity index is 717. The van der Waals surface area contributed by atoms with E-state index in [4.69, 9.17) is 0 Å². The smallest absolute Gasteiger partial charge is 0.271 e. The maximum atomic E-state index is 12.1. The standard InChI is InChI=1S/C17H18N2O4/c1-10(2)15(11-6-4-3-5-7-11)18-19-17(23)12-8-13(20)16(22)14(21)9-12/h3-10,20-22H,1-2H3,(H,19,23). The van der Waals surface area contributed by atoms with Crippen LogP contribution in [0.4, 0.5) is 0 Å². The van der Waals surface area contributed by atoms with Gasteiger partial charge in [-0.3, -0.25) is 4.79 Å². The van der Waals surface area contributed by atoms with Crippen LogP contribution < -0.4 is 5.43 Å². The second kappa shape index (κ2) is 6.83. The molecule has 0 unspecified atom stereocenters. The fourth-order valence-electron chi connectivity index (χ4n) is 2.05. The molecule has 0 fully saturated rings. The molecule has 0 heterocycles. The van der Waals surface area contributed by atoms with Crippen LogP contribution >= 0.6 is 0 Å². The molecule has 2 aromatic carbocycles. The highest BCUT2D eigenvalue weighted by molar-refractivity contribution is 6.03. The second-order valence-electron chi connectivity index (χ2n) is 5.32. The van der Waals surface area contributed by atoms with Crippen molar-refractivity contribution in [3.63, 3.8) is 0 Å². The predicted molar refractivity (Wildman–Crippen MR) is 86.7 cm³/mol. The number of benzene rings is 2. The Morgan fingerprint density at radius 2 is 1.57 bits per heavy atom. The van der Waals surface area contributed by atoms with Crippen molar-refractivity contribution >= 4 is 11.6 Å². The molecule has 6 heteroatoms. The molecule has 0 spiro atoms. The van der Waals surface area contributed by atoms with Crippen molar-refractivity contribution < 1.29 is 20.1 Å². The third kappa shape index (κ3) is 3.79. The molecule has 0 saturated heterocycles. The molecule has 120 valence electrons. The van der Waals surface area contributed by atoms with Crippen LogP contribution in [0.15, 0.2) is 47.6 Å². The molecular formula is C17H18N2O4. The van der Waals surface area contributed by atoms with E-state index in [0.717, 1.165) is 17.7 Å². The minimum absolute atomic E-state index is 0.0160. The number of phenols is 3. The first-order chi connectivity index (χ1) is 10.9. The van der Waals surface area contributed by atoms with Gasteiger partial charge in [-0.25, -0.2) is 5.43 Å². The van der Waals surface area contributed by atoms with Crippen LogP contribution in [0.2, 0.25) is 0 Å². The maximum Gasteiger partial charge on any atom is 0.271 e. The van der Waals surface area contributed by atoms with E-state index in [9.17, 15) is 20.1 Å². The van der Waals surface area contributed by atoms with Gasteiger partial charge in [0.2, 0.25) is 0 Å². The molecule has 4 N–H and O–H groups in total. The number of nitrogens with zero attached hydrogens (tertiary/aromatic N) is 1. The van der Waals surface area contributed by atoms with E-state index in [1.807, 2.05) is 44.2 Å². The highest BCUT2D eigenvalue weighted by atomic mass is 16.3. The van der Waals surface area contributed by atoms with E-state index >= 15 is 0 Å². The number of hydrogen-bond acceptors (Lipinski definition) is 5. The number of carbonyl (C=O) groups is 1. The number of hydrogen-bond donors (Lipinski definition) is 4. The van der Waals surface area contributed by atoms with Crippen LogP contribution in [0.25, 0.3) is 0 Å². The molecular weight excluding hydrogens is 296 g/mol. The van der Waals surface area contributed by atoms with Gasteiger partial charge >= 0.3 is 0 Å². The van der Waals surface area contributed by atoms with Gasteiger partial charge in [0.1, 0.15) is 0 Å². The third-order valence-corrected chi connectivity index (χ3v) is 3.23. The van der Waals surface area contributed by atoms with Gasteiger partial charge in [-0.05, 0) is 23.6 Å². The first-order valence-electron chi connectivity index (χ1n) is 7.08. The summed E-state index contributed by atoms with van der Waals surface area (Å²) < 4.78 is 0. The Kier molecular flexibility index (Phi) is 4.85. The van der Waals surface area contributed by atoms with Gasteiger partial charge in [0, 0.05) is 5.56 Å². The SMILES string of the molecule is CC(C)C(=NNC(=O)c1cc(O)c(O)c(O)c1)c1ccccc1. The highest BCUT2D eigenvalue weighted by Crippen LogP contribution is 2.35. The number of amides is 1. The first-order valence-corrected chi connectivity index (χ1v) is 7.08. The van der Waals surface area contributed by atoms with Crippen molar-refractivity contribution in [1.82, 2.24) is 5.43 Å². The summed E-state index contributed by atoms with van der Waals surface area (Å²) in [6.45, 7) is 3.91. The summed E-state index contributed by atoms with van der Waals surface area (Å²) in [7, 11) is 0. The summed E-state index contributed by atoms with van der Waals surface area (Å²) in [5.41, 5.74) is 3.97. The number of hydrazone groups is 1. The van der Waals surface area contributed by atoms with Crippen LogP contribution in [0.3, 0.4) is 0 Å². The van der Waals surface area contributed by atoms with E-state index in [0.29, 0.717) is 5.71 Å². The largest absolute Gasteiger partial charge is 0.504 e. The van der Waals surface area contributed by atoms with Crippen molar-refractivity contribution in [3.8, 4) is 17.2 Å². The average Bonchev–Trinajstić information content (AvgIpc) is 2.52. The predicted octanol–water partition coefficient (Wildman–Crippen LogP) is 2.59. The normalized spacial score (nSPS) is 11.5. The van der Waals surface area contributed by atoms with Crippen molar-refractivity contribution in [3.05, 3.63) is 53.6 Å². The molecule has 0 aliphatic carbocycles. The van der Waals surface area contributed by atoms with Gasteiger partial charge in [-0.2, -0.15) is 5.10 Å². The summed E-state index contributed by atoms with van der Waals surface area (Å²) in [6, 6.07) is 11.5. The quantitative estimate of drug-likeness (QED) is 0.396. The lowest BCUT2D eigenvalue weighted by Gasteiger charge is -2.11. The molecule has 0 bridgehead atoms. The second-order valence-corrected chi connectivity index (χ2v) is 5.32.